The SMILES string of the molecule is CC(C)=CCC[C@](C)(O[C@@H]1O[C@H](CO)[C@@H](O)[C@H](O)[C@H]1O)[C@H]1CC[C@]2(C)[C@@H]1[C@H](O)C[C@@H]1[C@@]3(C)CC[C@H](O[C@@H]4O[C@H](CO)[C@@H](O)[C@H](O)[C@H]4O[C@@H]4O[C@H](CO)[C@@H](O)[C@H](O)[C@H]4O)C(C)(C)C3CC[C@]12C. The minimum Gasteiger partial charge on any atom is -0.394 e. The zero-order chi connectivity index (χ0) is 48.6. The van der Waals surface area contributed by atoms with Crippen LogP contribution in [-0.2, 0) is 28.4 Å². The van der Waals surface area contributed by atoms with Gasteiger partial charge in [0.1, 0.15) is 73.2 Å². The molecule has 0 aromatic carbocycles. The maximum Gasteiger partial charge on any atom is 0.187 e. The van der Waals surface area contributed by atoms with Crippen LogP contribution in [0.3, 0.4) is 0 Å². The first-order valence-electron chi connectivity index (χ1n) is 24.4. The molecule has 0 radical (unpaired) electrons. The summed E-state index contributed by atoms with van der Waals surface area (Å²) in [5.41, 5.74) is -1.12. The first-order chi connectivity index (χ1) is 30.8. The second-order valence-corrected chi connectivity index (χ2v) is 22.9. The van der Waals surface area contributed by atoms with Gasteiger partial charge in [0.25, 0.3) is 0 Å². The molecule has 4 aliphatic carbocycles. The van der Waals surface area contributed by atoms with E-state index >= 15 is 0 Å². The normalized spacial score (nSPS) is 52.4. The lowest BCUT2D eigenvalue weighted by molar-refractivity contribution is -0.378. The van der Waals surface area contributed by atoms with Crippen molar-refractivity contribution in [1.82, 2.24) is 0 Å². The van der Waals surface area contributed by atoms with E-state index in [1.165, 1.54) is 0 Å². The number of hydrogen-bond donors (Lipinski definition) is 12. The average Bonchev–Trinajstić information content (AvgIpc) is 3.65. The Morgan fingerprint density at radius 2 is 1.14 bits per heavy atom. The zero-order valence-electron chi connectivity index (χ0n) is 40.0. The van der Waals surface area contributed by atoms with Crippen molar-refractivity contribution in [3.63, 3.8) is 0 Å². The van der Waals surface area contributed by atoms with Crippen molar-refractivity contribution in [2.24, 2.45) is 45.3 Å². The second kappa shape index (κ2) is 19.6. The zero-order valence-corrected chi connectivity index (χ0v) is 40.0. The Balaban J connectivity index is 1.13. The molecule has 18 heteroatoms. The van der Waals surface area contributed by atoms with Gasteiger partial charge in [0, 0.05) is 0 Å². The fraction of sp³-hybridized carbons (Fsp3) is 0.958. The van der Waals surface area contributed by atoms with Gasteiger partial charge >= 0.3 is 0 Å². The topological polar surface area (TPSA) is 298 Å². The highest BCUT2D eigenvalue weighted by atomic mass is 16.8. The van der Waals surface area contributed by atoms with E-state index in [0.717, 1.165) is 37.7 Å². The molecule has 12 N–H and O–H groups in total. The van der Waals surface area contributed by atoms with Crippen LogP contribution >= 0.6 is 0 Å². The molecule has 0 bridgehead atoms. The lowest BCUT2D eigenvalue weighted by atomic mass is 9.35. The van der Waals surface area contributed by atoms with Crippen molar-refractivity contribution in [3.05, 3.63) is 11.6 Å². The Morgan fingerprint density at radius 3 is 1.71 bits per heavy atom. The summed E-state index contributed by atoms with van der Waals surface area (Å²) in [6.45, 7) is 15.5. The number of allylic oxidation sites excluding steroid dienone is 2. The Labute approximate surface area is 388 Å². The molecule has 0 spiro atoms. The first kappa shape index (κ1) is 52.8. The molecule has 0 aromatic rings. The number of rotatable bonds is 13. The smallest absolute Gasteiger partial charge is 0.187 e. The number of hydrogen-bond acceptors (Lipinski definition) is 18. The summed E-state index contributed by atoms with van der Waals surface area (Å²) >= 11 is 0. The standard InChI is InChI=1S/C48H82O18/c1-22(2)10-9-14-48(8,66-42-39(60)36(57)33(54)26(20-50)62-42)23-11-16-47(7)31(23)24(52)18-29-45(5)15-13-30(44(3,4)28(45)12-17-46(29,47)6)64-43-40(37(58)34(55)27(21-51)63-43)65-41-38(59)35(56)32(53)25(19-49)61-41/h10,23-43,49-60H,9,11-21H2,1-8H3/t23-,24+,25+,26+,27+,28?,29+,30-,31-,32+,33+,34+,35-,36-,37-,38+,39+,40+,41-,42-,43-,45-,46+,47+,48-/m0/s1. The van der Waals surface area contributed by atoms with E-state index in [0.29, 0.717) is 25.7 Å². The van der Waals surface area contributed by atoms with Crippen LogP contribution in [0.15, 0.2) is 11.6 Å². The van der Waals surface area contributed by atoms with E-state index in [9.17, 15) is 61.3 Å². The van der Waals surface area contributed by atoms with Crippen LogP contribution in [0, 0.1) is 45.3 Å². The fourth-order valence-electron chi connectivity index (χ4n) is 14.9. The third-order valence-corrected chi connectivity index (χ3v) is 18.8. The van der Waals surface area contributed by atoms with Crippen molar-refractivity contribution < 1.29 is 89.7 Å². The van der Waals surface area contributed by atoms with E-state index < -0.39 is 135 Å². The van der Waals surface area contributed by atoms with Gasteiger partial charge in [-0.05, 0) is 124 Å². The summed E-state index contributed by atoms with van der Waals surface area (Å²) in [7, 11) is 0. The molecule has 25 atom stereocenters. The predicted octanol–water partition coefficient (Wildman–Crippen LogP) is -0.0268. The second-order valence-electron chi connectivity index (χ2n) is 22.9. The monoisotopic (exact) mass is 947 g/mol. The van der Waals surface area contributed by atoms with Crippen molar-refractivity contribution >= 4 is 0 Å². The van der Waals surface area contributed by atoms with Gasteiger partial charge < -0.3 is 89.7 Å². The third-order valence-electron chi connectivity index (χ3n) is 18.8. The lowest BCUT2D eigenvalue weighted by Gasteiger charge is -2.71. The summed E-state index contributed by atoms with van der Waals surface area (Å²) in [5.74, 6) is -0.151. The molecule has 18 nitrogen and oxygen atoms in total. The fourth-order valence-corrected chi connectivity index (χ4v) is 14.9. The molecule has 3 heterocycles. The minimum atomic E-state index is -1.79. The molecule has 0 amide bonds. The quantitative estimate of drug-likeness (QED) is 0.0853. The van der Waals surface area contributed by atoms with E-state index in [1.54, 1.807) is 0 Å². The molecule has 1 unspecified atom stereocenters. The number of ether oxygens (including phenoxy) is 6. The molecular formula is C48H82O18. The van der Waals surface area contributed by atoms with Gasteiger partial charge in [-0.2, -0.15) is 0 Å². The number of aliphatic hydroxyl groups is 12. The van der Waals surface area contributed by atoms with Gasteiger partial charge in [-0.3, -0.25) is 0 Å². The maximum absolute atomic E-state index is 12.7. The Bertz CT molecular complexity index is 1680. The van der Waals surface area contributed by atoms with Crippen LogP contribution in [0.2, 0.25) is 0 Å². The molecule has 4 saturated carbocycles. The summed E-state index contributed by atoms with van der Waals surface area (Å²) in [6.07, 6.45) is -15.4. The van der Waals surface area contributed by atoms with Crippen LogP contribution in [0.4, 0.5) is 0 Å². The average molecular weight is 947 g/mol. The first-order valence-corrected chi connectivity index (χ1v) is 24.4. The van der Waals surface area contributed by atoms with Gasteiger partial charge in [0.15, 0.2) is 18.9 Å². The van der Waals surface area contributed by atoms with Crippen LogP contribution in [0.5, 0.6) is 0 Å². The Morgan fingerprint density at radius 1 is 0.606 bits per heavy atom. The van der Waals surface area contributed by atoms with Crippen LogP contribution in [-0.4, -0.2) is 191 Å². The summed E-state index contributed by atoms with van der Waals surface area (Å²) in [6, 6.07) is 0. The molecular weight excluding hydrogens is 865 g/mol. The Hall–Kier alpha value is -0.980. The van der Waals surface area contributed by atoms with E-state index in [4.69, 9.17) is 28.4 Å². The summed E-state index contributed by atoms with van der Waals surface area (Å²) in [4.78, 5) is 0. The summed E-state index contributed by atoms with van der Waals surface area (Å²) < 4.78 is 37.2. The van der Waals surface area contributed by atoms with Crippen molar-refractivity contribution in [2.75, 3.05) is 19.8 Å². The predicted molar refractivity (Wildman–Crippen MR) is 234 cm³/mol. The third kappa shape index (κ3) is 8.79. The van der Waals surface area contributed by atoms with Crippen LogP contribution < -0.4 is 0 Å². The number of aliphatic hydroxyl groups excluding tert-OH is 12. The van der Waals surface area contributed by atoms with Crippen molar-refractivity contribution in [3.8, 4) is 0 Å². The Kier molecular flexibility index (Phi) is 15.7. The minimum absolute atomic E-state index is 0.0905. The summed E-state index contributed by atoms with van der Waals surface area (Å²) in [5, 5.41) is 129. The highest BCUT2D eigenvalue weighted by molar-refractivity contribution is 5.20. The van der Waals surface area contributed by atoms with E-state index in [1.807, 2.05) is 20.8 Å². The van der Waals surface area contributed by atoms with Gasteiger partial charge in [-0.15, -0.1) is 0 Å². The molecule has 7 fully saturated rings. The van der Waals surface area contributed by atoms with Crippen molar-refractivity contribution in [1.29, 1.82) is 0 Å². The maximum atomic E-state index is 12.7. The molecule has 7 rings (SSSR count). The molecule has 7 aliphatic rings. The number of fused-ring (bicyclic) bond motifs is 5. The van der Waals surface area contributed by atoms with E-state index in [-0.39, 0.29) is 39.9 Å². The van der Waals surface area contributed by atoms with Gasteiger partial charge in [-0.1, -0.05) is 46.3 Å². The lowest BCUT2D eigenvalue weighted by Crippen LogP contribution is -2.68. The molecule has 382 valence electrons. The molecule has 3 aliphatic heterocycles. The largest absolute Gasteiger partial charge is 0.394 e. The highest BCUT2D eigenvalue weighted by Gasteiger charge is 2.72. The highest BCUT2D eigenvalue weighted by Crippen LogP contribution is 2.76. The molecule has 0 aromatic heterocycles. The van der Waals surface area contributed by atoms with Gasteiger partial charge in [0.05, 0.1) is 37.6 Å². The van der Waals surface area contributed by atoms with Gasteiger partial charge in [-0.25, -0.2) is 0 Å². The van der Waals surface area contributed by atoms with E-state index in [2.05, 4.69) is 40.7 Å². The van der Waals surface area contributed by atoms with Gasteiger partial charge in [0.2, 0.25) is 0 Å². The molecule has 66 heavy (non-hydrogen) atoms. The molecule has 3 saturated heterocycles. The van der Waals surface area contributed by atoms with Crippen LogP contribution in [0.25, 0.3) is 0 Å². The van der Waals surface area contributed by atoms with Crippen molar-refractivity contribution in [2.45, 2.75) is 223 Å². The van der Waals surface area contributed by atoms with Crippen LogP contribution in [0.1, 0.15) is 113 Å².